The summed E-state index contributed by atoms with van der Waals surface area (Å²) in [6, 6.07) is 3.84. The Morgan fingerprint density at radius 2 is 2.10 bits per heavy atom. The molecule has 0 aromatic heterocycles. The minimum Gasteiger partial charge on any atom is -0.481 e. The molecule has 1 rings (SSSR count). The lowest BCUT2D eigenvalue weighted by Gasteiger charge is -2.13. The summed E-state index contributed by atoms with van der Waals surface area (Å²) in [7, 11) is 0. The Hall–Kier alpha value is -2.11. The fourth-order valence-corrected chi connectivity index (χ4v) is 1.77. The topological polar surface area (TPSA) is 78.4 Å². The summed E-state index contributed by atoms with van der Waals surface area (Å²) in [5, 5.41) is 13.7. The van der Waals surface area contributed by atoms with Gasteiger partial charge >= 0.3 is 12.0 Å². The van der Waals surface area contributed by atoms with E-state index in [1.807, 2.05) is 6.92 Å². The van der Waals surface area contributed by atoms with Crippen molar-refractivity contribution >= 4 is 17.7 Å². The van der Waals surface area contributed by atoms with Gasteiger partial charge in [-0.25, -0.2) is 9.18 Å². The zero-order valence-corrected chi connectivity index (χ0v) is 11.6. The maximum atomic E-state index is 13.5. The molecule has 0 aliphatic carbocycles. The van der Waals surface area contributed by atoms with Crippen molar-refractivity contribution < 1.29 is 19.1 Å². The summed E-state index contributed by atoms with van der Waals surface area (Å²) in [4.78, 5) is 22.5. The van der Waals surface area contributed by atoms with Gasteiger partial charge in [-0.3, -0.25) is 4.79 Å². The summed E-state index contributed by atoms with van der Waals surface area (Å²) < 4.78 is 13.5. The second-order valence-corrected chi connectivity index (χ2v) is 4.64. The van der Waals surface area contributed by atoms with Crippen molar-refractivity contribution in [3.63, 3.8) is 0 Å². The van der Waals surface area contributed by atoms with E-state index in [0.717, 1.165) is 5.56 Å². The Kier molecular flexibility index (Phi) is 5.96. The van der Waals surface area contributed by atoms with Gasteiger partial charge in [-0.15, -0.1) is 0 Å². The van der Waals surface area contributed by atoms with Crippen LogP contribution in [0.3, 0.4) is 0 Å². The third kappa shape index (κ3) is 4.87. The molecule has 0 saturated heterocycles. The number of carboxylic acid groups (broad SMARTS) is 1. The van der Waals surface area contributed by atoms with Crippen molar-refractivity contribution in [1.29, 1.82) is 0 Å². The molecule has 1 unspecified atom stereocenters. The first-order valence-electron chi connectivity index (χ1n) is 6.47. The number of nitrogens with one attached hydrogen (secondary N) is 2. The predicted molar refractivity (Wildman–Crippen MR) is 74.2 cm³/mol. The van der Waals surface area contributed by atoms with E-state index in [2.05, 4.69) is 10.6 Å². The van der Waals surface area contributed by atoms with Gasteiger partial charge in [0.2, 0.25) is 0 Å². The molecule has 0 heterocycles. The number of halogens is 1. The lowest BCUT2D eigenvalue weighted by atomic mass is 10.0. The Bertz CT molecular complexity index is 491. The van der Waals surface area contributed by atoms with Gasteiger partial charge in [0.05, 0.1) is 11.6 Å². The fraction of sp³-hybridized carbons (Fsp3) is 0.429. The molecule has 0 bridgehead atoms. The highest BCUT2D eigenvalue weighted by Crippen LogP contribution is 2.15. The van der Waals surface area contributed by atoms with Crippen LogP contribution in [0.1, 0.15) is 25.3 Å². The Morgan fingerprint density at radius 3 is 2.65 bits per heavy atom. The van der Waals surface area contributed by atoms with Gasteiger partial charge in [-0.1, -0.05) is 19.4 Å². The number of benzene rings is 1. The number of hydrogen-bond donors (Lipinski definition) is 3. The van der Waals surface area contributed by atoms with Gasteiger partial charge < -0.3 is 15.7 Å². The van der Waals surface area contributed by atoms with E-state index in [-0.39, 0.29) is 12.2 Å². The lowest BCUT2D eigenvalue weighted by molar-refractivity contribution is -0.141. The number of carbonyl (C=O) groups excluding carboxylic acids is 1. The summed E-state index contributed by atoms with van der Waals surface area (Å²) in [5.74, 6) is -2.11. The van der Waals surface area contributed by atoms with Gasteiger partial charge in [0.1, 0.15) is 5.82 Å². The minimum atomic E-state index is -0.950. The monoisotopic (exact) mass is 282 g/mol. The van der Waals surface area contributed by atoms with E-state index < -0.39 is 23.7 Å². The highest BCUT2D eigenvalue weighted by atomic mass is 19.1. The van der Waals surface area contributed by atoms with Crippen LogP contribution in [0.5, 0.6) is 0 Å². The van der Waals surface area contributed by atoms with E-state index in [0.29, 0.717) is 12.8 Å². The third-order valence-electron chi connectivity index (χ3n) is 2.87. The highest BCUT2D eigenvalue weighted by Gasteiger charge is 2.17. The van der Waals surface area contributed by atoms with E-state index in [1.165, 1.54) is 12.1 Å². The molecule has 0 radical (unpaired) electrons. The predicted octanol–water partition coefficient (Wildman–Crippen LogP) is 2.76. The van der Waals surface area contributed by atoms with Crippen LogP contribution in [0, 0.1) is 18.7 Å². The number of rotatable bonds is 6. The largest absolute Gasteiger partial charge is 0.481 e. The van der Waals surface area contributed by atoms with Crippen LogP contribution >= 0.6 is 0 Å². The number of aryl methyl sites for hydroxylation is 1. The van der Waals surface area contributed by atoms with Crippen molar-refractivity contribution in [2.24, 2.45) is 5.92 Å². The number of urea groups is 1. The number of amides is 2. The van der Waals surface area contributed by atoms with Crippen molar-refractivity contribution in [1.82, 2.24) is 5.32 Å². The first kappa shape index (κ1) is 15.9. The molecule has 6 heteroatoms. The Balaban J connectivity index is 2.53. The maximum absolute atomic E-state index is 13.5. The second kappa shape index (κ2) is 7.47. The molecule has 0 aliphatic heterocycles. The molecule has 3 N–H and O–H groups in total. The normalized spacial score (nSPS) is 11.8. The van der Waals surface area contributed by atoms with Crippen LogP contribution in [-0.2, 0) is 4.79 Å². The van der Waals surface area contributed by atoms with Gasteiger partial charge in [-0.05, 0) is 31.0 Å². The van der Waals surface area contributed by atoms with Crippen molar-refractivity contribution in [3.8, 4) is 0 Å². The summed E-state index contributed by atoms with van der Waals surface area (Å²) in [5.41, 5.74) is 0.817. The van der Waals surface area contributed by atoms with Crippen LogP contribution in [0.4, 0.5) is 14.9 Å². The standard InChI is InChI=1S/C14H19FN2O3/c1-3-4-10(13(18)19)8-16-14(20)17-12-6-5-9(2)7-11(12)15/h5-7,10H,3-4,8H2,1-2H3,(H,18,19)(H2,16,17,20). The van der Waals surface area contributed by atoms with E-state index >= 15 is 0 Å². The molecule has 1 aromatic rings. The van der Waals surface area contributed by atoms with Crippen LogP contribution in [0.2, 0.25) is 0 Å². The molecule has 1 atom stereocenters. The molecule has 20 heavy (non-hydrogen) atoms. The van der Waals surface area contributed by atoms with Crippen LogP contribution in [-0.4, -0.2) is 23.7 Å². The minimum absolute atomic E-state index is 0.0164. The molecule has 110 valence electrons. The van der Waals surface area contributed by atoms with Crippen molar-refractivity contribution in [2.45, 2.75) is 26.7 Å². The van der Waals surface area contributed by atoms with E-state index in [9.17, 15) is 14.0 Å². The Morgan fingerprint density at radius 1 is 1.40 bits per heavy atom. The summed E-state index contributed by atoms with van der Waals surface area (Å²) in [6.45, 7) is 3.63. The molecule has 2 amide bonds. The van der Waals surface area contributed by atoms with Crippen LogP contribution < -0.4 is 10.6 Å². The first-order chi connectivity index (χ1) is 9.43. The smallest absolute Gasteiger partial charge is 0.319 e. The molecule has 0 fully saturated rings. The zero-order chi connectivity index (χ0) is 15.1. The number of carboxylic acids is 1. The van der Waals surface area contributed by atoms with Gasteiger partial charge in [-0.2, -0.15) is 0 Å². The second-order valence-electron chi connectivity index (χ2n) is 4.64. The van der Waals surface area contributed by atoms with Gasteiger partial charge in [0, 0.05) is 6.54 Å². The molecular formula is C14H19FN2O3. The first-order valence-corrected chi connectivity index (χ1v) is 6.47. The molecular weight excluding hydrogens is 263 g/mol. The molecule has 0 aliphatic rings. The van der Waals surface area contributed by atoms with Crippen molar-refractivity contribution in [2.75, 3.05) is 11.9 Å². The summed E-state index contributed by atoms with van der Waals surface area (Å²) in [6.07, 6.45) is 1.20. The number of hydrogen-bond acceptors (Lipinski definition) is 2. The SMILES string of the molecule is CCCC(CNC(=O)Nc1ccc(C)cc1F)C(=O)O. The molecule has 0 saturated carbocycles. The van der Waals surface area contributed by atoms with Gasteiger partial charge in [0.25, 0.3) is 0 Å². The highest BCUT2D eigenvalue weighted by molar-refractivity contribution is 5.89. The molecule has 1 aromatic carbocycles. The number of carbonyl (C=O) groups is 2. The van der Waals surface area contributed by atoms with Gasteiger partial charge in [0.15, 0.2) is 0 Å². The number of aliphatic carboxylic acids is 1. The van der Waals surface area contributed by atoms with Crippen LogP contribution in [0.15, 0.2) is 18.2 Å². The Labute approximate surface area is 117 Å². The zero-order valence-electron chi connectivity index (χ0n) is 11.6. The molecule has 5 nitrogen and oxygen atoms in total. The van der Waals surface area contributed by atoms with E-state index in [1.54, 1.807) is 13.0 Å². The summed E-state index contributed by atoms with van der Waals surface area (Å²) >= 11 is 0. The van der Waals surface area contributed by atoms with Crippen LogP contribution in [0.25, 0.3) is 0 Å². The fourth-order valence-electron chi connectivity index (χ4n) is 1.77. The average Bonchev–Trinajstić information content (AvgIpc) is 2.37. The third-order valence-corrected chi connectivity index (χ3v) is 2.87. The lowest BCUT2D eigenvalue weighted by Crippen LogP contribution is -2.35. The average molecular weight is 282 g/mol. The quantitative estimate of drug-likeness (QED) is 0.750. The van der Waals surface area contributed by atoms with Crippen molar-refractivity contribution in [3.05, 3.63) is 29.6 Å². The van der Waals surface area contributed by atoms with E-state index in [4.69, 9.17) is 5.11 Å². The maximum Gasteiger partial charge on any atom is 0.319 e. The molecule has 0 spiro atoms. The number of anilines is 1.